The monoisotopic (exact) mass is 1060 g/mol. The van der Waals surface area contributed by atoms with E-state index in [0.717, 1.165) is 130 Å². The molecule has 6 aromatic rings. The van der Waals surface area contributed by atoms with Crippen molar-refractivity contribution in [1.29, 1.82) is 0 Å². The normalized spacial score (nSPS) is 27.7. The highest BCUT2D eigenvalue weighted by molar-refractivity contribution is 5.51. The van der Waals surface area contributed by atoms with Crippen molar-refractivity contribution in [1.82, 2.24) is 0 Å². The van der Waals surface area contributed by atoms with Gasteiger partial charge in [0, 0.05) is 36.8 Å². The van der Waals surface area contributed by atoms with Crippen molar-refractivity contribution in [2.24, 2.45) is 0 Å². The summed E-state index contributed by atoms with van der Waals surface area (Å²) in [5, 5.41) is 24.5. The summed E-state index contributed by atoms with van der Waals surface area (Å²) in [5.74, 6) is 3.44. The van der Waals surface area contributed by atoms with E-state index in [0.29, 0.717) is 48.2 Å². The highest BCUT2D eigenvalue weighted by Gasteiger charge is 2.50. The number of rotatable bonds is 13. The second-order valence-electron chi connectivity index (χ2n) is 21.8. The Morgan fingerprint density at radius 3 is 1.38 bits per heavy atom. The molecule has 0 radical (unpaired) electrons. The molecule has 0 saturated carbocycles. The molecule has 10 atom stereocenters. The zero-order valence-corrected chi connectivity index (χ0v) is 45.4. The molecule has 12 nitrogen and oxygen atoms in total. The Balaban J connectivity index is 0.000000166. The quantitative estimate of drug-likeness (QED) is 0.114. The Morgan fingerprint density at radius 2 is 0.897 bits per heavy atom. The first-order chi connectivity index (χ1) is 38.2. The van der Waals surface area contributed by atoms with Crippen LogP contribution in [0, 0.1) is 13.8 Å². The van der Waals surface area contributed by atoms with Crippen molar-refractivity contribution in [2.45, 2.75) is 165 Å². The minimum atomic E-state index is -1.21. The average Bonchev–Trinajstić information content (AvgIpc) is 3.67. The number of aliphatic hydroxyl groups excluding tert-OH is 1. The summed E-state index contributed by atoms with van der Waals surface area (Å²) in [6.07, 6.45) is 10.1. The van der Waals surface area contributed by atoms with E-state index < -0.39 is 17.8 Å². The molecule has 12 rings (SSSR count). The van der Waals surface area contributed by atoms with Crippen molar-refractivity contribution in [2.75, 3.05) is 26.4 Å². The number of ether oxygens (including phenoxy) is 10. The molecule has 0 aromatic heterocycles. The number of benzene rings is 6. The first-order valence-electron chi connectivity index (χ1n) is 28.7. The highest BCUT2D eigenvalue weighted by Crippen LogP contribution is 2.56. The van der Waals surface area contributed by atoms with Gasteiger partial charge in [0.1, 0.15) is 52.3 Å². The lowest BCUT2D eigenvalue weighted by Gasteiger charge is -2.46. The van der Waals surface area contributed by atoms with Crippen molar-refractivity contribution in [3.05, 3.63) is 178 Å². The molecular weight excluding hydrogens is 985 g/mol. The van der Waals surface area contributed by atoms with Gasteiger partial charge in [-0.25, -0.2) is 0 Å². The molecule has 6 aliphatic rings. The topological polar surface area (TPSA) is 133 Å². The molecule has 2 N–H and O–H groups in total. The number of fused-ring (bicyclic) bond motifs is 2. The van der Waals surface area contributed by atoms with E-state index in [1.165, 1.54) is 11.1 Å². The average molecular weight is 1060 g/mol. The molecule has 4 fully saturated rings. The van der Waals surface area contributed by atoms with Gasteiger partial charge >= 0.3 is 0 Å². The Bertz CT molecular complexity index is 2880. The van der Waals surface area contributed by atoms with Crippen LogP contribution in [0.1, 0.15) is 165 Å². The lowest BCUT2D eigenvalue weighted by Crippen LogP contribution is -2.42. The summed E-state index contributed by atoms with van der Waals surface area (Å²) >= 11 is 0. The van der Waals surface area contributed by atoms with E-state index in [4.69, 9.17) is 47.4 Å². The van der Waals surface area contributed by atoms with Crippen molar-refractivity contribution < 1.29 is 57.6 Å². The van der Waals surface area contributed by atoms with Crippen molar-refractivity contribution >= 4 is 0 Å². The predicted molar refractivity (Wildman–Crippen MR) is 296 cm³/mol. The zero-order chi connectivity index (χ0) is 53.4. The van der Waals surface area contributed by atoms with Gasteiger partial charge in [-0.2, -0.15) is 0 Å². The molecule has 6 aromatic carbocycles. The Hall–Kier alpha value is -6.12. The molecule has 412 valence electrons. The van der Waals surface area contributed by atoms with Gasteiger partial charge in [-0.1, -0.05) is 90.8 Å². The van der Waals surface area contributed by atoms with Gasteiger partial charge in [0.25, 0.3) is 0 Å². The molecule has 4 saturated heterocycles. The molecule has 0 amide bonds. The Morgan fingerprint density at radius 1 is 0.462 bits per heavy atom. The van der Waals surface area contributed by atoms with E-state index in [9.17, 15) is 10.2 Å². The smallest absolute Gasteiger partial charge is 0.199 e. The van der Waals surface area contributed by atoms with E-state index in [1.807, 2.05) is 85.8 Å². The lowest BCUT2D eigenvalue weighted by molar-refractivity contribution is -0.106. The fraction of sp³-hybridized carbons (Fsp3) is 0.455. The molecular formula is C66H76O12. The van der Waals surface area contributed by atoms with Crippen molar-refractivity contribution in [3.8, 4) is 34.5 Å². The number of aliphatic hydroxyl groups is 2. The summed E-state index contributed by atoms with van der Waals surface area (Å²) < 4.78 is 61.3. The van der Waals surface area contributed by atoms with E-state index >= 15 is 0 Å². The standard InChI is InChI=1S/C34H40O6.C32H36O6/c1-3-34(35)28-22-27(39-31-12-5-7-20-37-31)17-18-29(28)40-33(24-15-13-23(2)14-16-24)32(34)25-9-8-10-26(21-25)38-30-11-4-6-19-36-30;1-21-11-13-22(14-12-21)32-30(23-7-6-8-24(19-23)36-28-9-2-4-17-34-28)31(33)26-20-25(15-16-27(26)38-32)37-29-10-3-5-18-35-29/h8-10,13-18,21-22,30-33,35H,3-7,11-12,19-20H2,1-2H3;6-8,11-16,19-20,28-33H,2-5,9-10,17-18H2,1H3. The van der Waals surface area contributed by atoms with Gasteiger partial charge in [0.2, 0.25) is 0 Å². The van der Waals surface area contributed by atoms with Crippen LogP contribution in [0.2, 0.25) is 0 Å². The maximum absolute atomic E-state index is 12.6. The summed E-state index contributed by atoms with van der Waals surface area (Å²) in [4.78, 5) is 0. The van der Waals surface area contributed by atoms with Crippen LogP contribution in [-0.2, 0) is 24.5 Å². The van der Waals surface area contributed by atoms with Gasteiger partial charge in [-0.3, -0.25) is 0 Å². The van der Waals surface area contributed by atoms with Crippen LogP contribution >= 0.6 is 0 Å². The van der Waals surface area contributed by atoms with Gasteiger partial charge in [0.05, 0.1) is 44.4 Å². The largest absolute Gasteiger partial charge is 0.485 e. The third-order valence-electron chi connectivity index (χ3n) is 16.1. The van der Waals surface area contributed by atoms with E-state index in [-0.39, 0.29) is 43.1 Å². The minimum absolute atomic E-state index is 0.234. The summed E-state index contributed by atoms with van der Waals surface area (Å²) in [6, 6.07) is 44.2. The number of hydrogen-bond acceptors (Lipinski definition) is 12. The van der Waals surface area contributed by atoms with Crippen LogP contribution in [0.15, 0.2) is 133 Å². The lowest BCUT2D eigenvalue weighted by atomic mass is 9.69. The van der Waals surface area contributed by atoms with Crippen molar-refractivity contribution in [3.63, 3.8) is 0 Å². The van der Waals surface area contributed by atoms with E-state index in [1.54, 1.807) is 0 Å². The van der Waals surface area contributed by atoms with Crippen LogP contribution in [0.25, 0.3) is 0 Å². The van der Waals surface area contributed by atoms with Gasteiger partial charge in [-0.15, -0.1) is 0 Å². The van der Waals surface area contributed by atoms with Gasteiger partial charge < -0.3 is 57.6 Å². The maximum Gasteiger partial charge on any atom is 0.199 e. The van der Waals surface area contributed by atoms with Crippen LogP contribution in [0.4, 0.5) is 0 Å². The molecule has 0 aliphatic carbocycles. The SMILES string of the molecule is CCC1(O)c2cc(OC3CCCCO3)ccc2OC(c2ccc(C)cc2)C1c1cccc(OC2CCCCO2)c1.Cc1ccc(C2Oc3ccc(OC4CCCCO4)cc3C(O)C2c2cccc(OC3CCCCO3)c2)cc1. The van der Waals surface area contributed by atoms with Crippen LogP contribution < -0.4 is 28.4 Å². The fourth-order valence-electron chi connectivity index (χ4n) is 11.8. The Kier molecular flexibility index (Phi) is 17.2. The number of hydrogen-bond donors (Lipinski definition) is 2. The maximum atomic E-state index is 12.6. The molecule has 6 heterocycles. The molecule has 78 heavy (non-hydrogen) atoms. The van der Waals surface area contributed by atoms with Gasteiger partial charge in [-0.05, 0) is 155 Å². The molecule has 0 bridgehead atoms. The second-order valence-corrected chi connectivity index (χ2v) is 21.8. The minimum Gasteiger partial charge on any atom is -0.485 e. The molecule has 10 unspecified atom stereocenters. The third kappa shape index (κ3) is 12.5. The highest BCUT2D eigenvalue weighted by atomic mass is 16.7. The first kappa shape index (κ1) is 53.9. The van der Waals surface area contributed by atoms with Crippen LogP contribution in [0.3, 0.4) is 0 Å². The zero-order valence-electron chi connectivity index (χ0n) is 45.4. The molecule has 0 spiro atoms. The first-order valence-corrected chi connectivity index (χ1v) is 28.7. The predicted octanol–water partition coefficient (Wildman–Crippen LogP) is 14.1. The van der Waals surface area contributed by atoms with E-state index in [2.05, 4.69) is 68.4 Å². The van der Waals surface area contributed by atoms with Crippen LogP contribution in [0.5, 0.6) is 34.5 Å². The summed E-state index contributed by atoms with van der Waals surface area (Å²) in [6.45, 7) is 9.04. The molecule has 12 heteroatoms. The second kappa shape index (κ2) is 24.9. The number of aryl methyl sites for hydroxylation is 2. The van der Waals surface area contributed by atoms with Gasteiger partial charge in [0.15, 0.2) is 25.2 Å². The summed E-state index contributed by atoms with van der Waals surface area (Å²) in [7, 11) is 0. The third-order valence-corrected chi connectivity index (χ3v) is 16.1. The Labute approximate surface area is 459 Å². The summed E-state index contributed by atoms with van der Waals surface area (Å²) in [5.41, 5.74) is 6.53. The van der Waals surface area contributed by atoms with Crippen LogP contribution in [-0.4, -0.2) is 61.8 Å². The fourth-order valence-corrected chi connectivity index (χ4v) is 11.8. The molecule has 6 aliphatic heterocycles.